The van der Waals surface area contributed by atoms with Gasteiger partial charge in [-0.15, -0.1) is 0 Å². The van der Waals surface area contributed by atoms with Gasteiger partial charge in [0.05, 0.1) is 17.4 Å². The lowest BCUT2D eigenvalue weighted by atomic mass is 10.0. The molecule has 0 radical (unpaired) electrons. The lowest BCUT2D eigenvalue weighted by Crippen LogP contribution is -2.22. The third kappa shape index (κ3) is 2.85. The smallest absolute Gasteiger partial charge is 0.315 e. The van der Waals surface area contributed by atoms with Gasteiger partial charge in [-0.3, -0.25) is 14.9 Å². The van der Waals surface area contributed by atoms with Gasteiger partial charge in [0.15, 0.2) is 0 Å². The summed E-state index contributed by atoms with van der Waals surface area (Å²) in [7, 11) is 0. The normalized spacial score (nSPS) is 17.5. The van der Waals surface area contributed by atoms with Crippen molar-refractivity contribution in [2.75, 3.05) is 0 Å². The molecule has 6 nitrogen and oxygen atoms in total. The summed E-state index contributed by atoms with van der Waals surface area (Å²) in [6, 6.07) is 14.8. The molecule has 0 saturated carbocycles. The van der Waals surface area contributed by atoms with E-state index >= 15 is 0 Å². The number of cyclic esters (lactones) is 1. The molecule has 2 aromatic rings. The standard InChI is InChI=1S/C16H12N2O4/c19-15-10-14(12-7-4-8-13(9-12)18(20)21)17-16(22-15)11-5-2-1-3-6-11/h1-9,14H,10H2. The number of carbonyl (C=O) groups excluding carboxylic acids is 1. The topological polar surface area (TPSA) is 81.8 Å². The Morgan fingerprint density at radius 3 is 2.64 bits per heavy atom. The number of benzene rings is 2. The van der Waals surface area contributed by atoms with Gasteiger partial charge in [-0.1, -0.05) is 30.3 Å². The summed E-state index contributed by atoms with van der Waals surface area (Å²) in [5.74, 6) is -0.154. The largest absolute Gasteiger partial charge is 0.407 e. The van der Waals surface area contributed by atoms with Crippen molar-refractivity contribution >= 4 is 17.6 Å². The molecule has 0 aliphatic carbocycles. The Morgan fingerprint density at radius 1 is 1.14 bits per heavy atom. The molecule has 1 heterocycles. The van der Waals surface area contributed by atoms with Crippen LogP contribution in [0.4, 0.5) is 5.69 Å². The Labute approximate surface area is 126 Å². The Bertz CT molecular complexity index is 756. The maximum Gasteiger partial charge on any atom is 0.315 e. The van der Waals surface area contributed by atoms with E-state index in [0.29, 0.717) is 11.1 Å². The molecule has 3 rings (SSSR count). The number of hydrogen-bond acceptors (Lipinski definition) is 5. The van der Waals surface area contributed by atoms with E-state index in [9.17, 15) is 14.9 Å². The van der Waals surface area contributed by atoms with E-state index in [1.54, 1.807) is 24.3 Å². The highest BCUT2D eigenvalue weighted by molar-refractivity contribution is 6.02. The average molecular weight is 296 g/mol. The van der Waals surface area contributed by atoms with E-state index < -0.39 is 16.9 Å². The molecular weight excluding hydrogens is 284 g/mol. The van der Waals surface area contributed by atoms with Crippen molar-refractivity contribution in [2.45, 2.75) is 12.5 Å². The van der Waals surface area contributed by atoms with Crippen molar-refractivity contribution < 1.29 is 14.5 Å². The van der Waals surface area contributed by atoms with Crippen molar-refractivity contribution in [1.29, 1.82) is 0 Å². The molecule has 0 aromatic heterocycles. The number of esters is 1. The number of nitro groups is 1. The summed E-state index contributed by atoms with van der Waals surface area (Å²) in [6.07, 6.45) is 0.0670. The highest BCUT2D eigenvalue weighted by Crippen LogP contribution is 2.29. The first kappa shape index (κ1) is 13.9. The second-order valence-corrected chi connectivity index (χ2v) is 4.85. The quantitative estimate of drug-likeness (QED) is 0.495. The molecule has 0 bridgehead atoms. The van der Waals surface area contributed by atoms with Crippen molar-refractivity contribution in [1.82, 2.24) is 0 Å². The zero-order valence-corrected chi connectivity index (χ0v) is 11.5. The summed E-state index contributed by atoms with van der Waals surface area (Å²) in [6.45, 7) is 0. The first-order valence-electron chi connectivity index (χ1n) is 6.72. The van der Waals surface area contributed by atoms with Gasteiger partial charge < -0.3 is 4.74 Å². The molecule has 0 spiro atoms. The van der Waals surface area contributed by atoms with Gasteiger partial charge >= 0.3 is 5.97 Å². The van der Waals surface area contributed by atoms with Crippen molar-refractivity contribution in [3.05, 3.63) is 75.8 Å². The Balaban J connectivity index is 1.98. The molecule has 2 aromatic carbocycles. The van der Waals surface area contributed by atoms with E-state index in [0.717, 1.165) is 0 Å². The van der Waals surface area contributed by atoms with Crippen LogP contribution in [0.3, 0.4) is 0 Å². The minimum Gasteiger partial charge on any atom is -0.407 e. The van der Waals surface area contributed by atoms with E-state index in [1.165, 1.54) is 12.1 Å². The maximum absolute atomic E-state index is 11.8. The summed E-state index contributed by atoms with van der Waals surface area (Å²) < 4.78 is 5.18. The molecule has 0 N–H and O–H groups in total. The second-order valence-electron chi connectivity index (χ2n) is 4.85. The highest BCUT2D eigenvalue weighted by atomic mass is 16.6. The molecule has 0 amide bonds. The van der Waals surface area contributed by atoms with Crippen LogP contribution in [0.2, 0.25) is 0 Å². The number of ether oxygens (including phenoxy) is 1. The van der Waals surface area contributed by atoms with Gasteiger partial charge in [-0.05, 0) is 17.7 Å². The fourth-order valence-corrected chi connectivity index (χ4v) is 2.27. The number of nitro benzene ring substituents is 1. The Kier molecular flexibility index (Phi) is 3.65. The summed E-state index contributed by atoms with van der Waals surface area (Å²) >= 11 is 0. The van der Waals surface area contributed by atoms with Crippen LogP contribution in [0.1, 0.15) is 23.6 Å². The first-order valence-corrected chi connectivity index (χ1v) is 6.72. The van der Waals surface area contributed by atoms with E-state index in [2.05, 4.69) is 4.99 Å². The Hall–Kier alpha value is -3.02. The minimum absolute atomic E-state index is 0.0205. The van der Waals surface area contributed by atoms with Gasteiger partial charge in [0.2, 0.25) is 5.90 Å². The molecule has 1 aliphatic heterocycles. The van der Waals surface area contributed by atoms with Crippen LogP contribution in [-0.2, 0) is 9.53 Å². The average Bonchev–Trinajstić information content (AvgIpc) is 2.55. The van der Waals surface area contributed by atoms with Crippen LogP contribution in [0.15, 0.2) is 59.6 Å². The fraction of sp³-hybridized carbons (Fsp3) is 0.125. The van der Waals surface area contributed by atoms with Crippen LogP contribution in [0, 0.1) is 10.1 Å². The van der Waals surface area contributed by atoms with Gasteiger partial charge in [0, 0.05) is 17.7 Å². The summed E-state index contributed by atoms with van der Waals surface area (Å²) in [5, 5.41) is 10.9. The third-order valence-corrected chi connectivity index (χ3v) is 3.33. The SMILES string of the molecule is O=C1CC(c2cccc([N+](=O)[O-])c2)N=C(c2ccccc2)O1. The number of aliphatic imine (C=N–C) groups is 1. The number of hydrogen-bond donors (Lipinski definition) is 0. The predicted molar refractivity (Wildman–Crippen MR) is 79.5 cm³/mol. The van der Waals surface area contributed by atoms with Crippen LogP contribution in [-0.4, -0.2) is 16.8 Å². The van der Waals surface area contributed by atoms with E-state index in [1.807, 2.05) is 18.2 Å². The minimum atomic E-state index is -0.476. The maximum atomic E-state index is 11.8. The molecule has 1 unspecified atom stereocenters. The summed E-state index contributed by atoms with van der Waals surface area (Å²) in [5.41, 5.74) is 1.30. The van der Waals surface area contributed by atoms with Crippen LogP contribution in [0.25, 0.3) is 0 Å². The molecule has 1 aliphatic rings. The zero-order valence-electron chi connectivity index (χ0n) is 11.5. The van der Waals surface area contributed by atoms with Gasteiger partial charge in [-0.2, -0.15) is 0 Å². The number of rotatable bonds is 3. The van der Waals surface area contributed by atoms with E-state index in [-0.39, 0.29) is 18.0 Å². The van der Waals surface area contributed by atoms with Crippen LogP contribution in [0.5, 0.6) is 0 Å². The predicted octanol–water partition coefficient (Wildman–Crippen LogP) is 3.03. The van der Waals surface area contributed by atoms with Crippen molar-refractivity contribution in [3.63, 3.8) is 0 Å². The molecule has 6 heteroatoms. The lowest BCUT2D eigenvalue weighted by molar-refractivity contribution is -0.384. The molecule has 22 heavy (non-hydrogen) atoms. The van der Waals surface area contributed by atoms with Crippen LogP contribution < -0.4 is 0 Å². The van der Waals surface area contributed by atoms with Gasteiger partial charge in [0.25, 0.3) is 5.69 Å². The fourth-order valence-electron chi connectivity index (χ4n) is 2.27. The second kappa shape index (κ2) is 5.77. The zero-order chi connectivity index (χ0) is 15.5. The molecule has 0 saturated heterocycles. The number of carbonyl (C=O) groups is 1. The third-order valence-electron chi connectivity index (χ3n) is 3.33. The van der Waals surface area contributed by atoms with Gasteiger partial charge in [-0.25, -0.2) is 4.99 Å². The molecule has 110 valence electrons. The Morgan fingerprint density at radius 2 is 1.91 bits per heavy atom. The number of nitrogens with zero attached hydrogens (tertiary/aromatic N) is 2. The van der Waals surface area contributed by atoms with E-state index in [4.69, 9.17) is 4.74 Å². The monoisotopic (exact) mass is 296 g/mol. The highest BCUT2D eigenvalue weighted by Gasteiger charge is 2.26. The summed E-state index contributed by atoms with van der Waals surface area (Å²) in [4.78, 5) is 26.6. The molecule has 1 atom stereocenters. The van der Waals surface area contributed by atoms with Gasteiger partial charge in [0.1, 0.15) is 0 Å². The van der Waals surface area contributed by atoms with Crippen molar-refractivity contribution in [2.24, 2.45) is 4.99 Å². The van der Waals surface area contributed by atoms with Crippen molar-refractivity contribution in [3.8, 4) is 0 Å². The molecular formula is C16H12N2O4. The van der Waals surface area contributed by atoms with Crippen LogP contribution >= 0.6 is 0 Å². The lowest BCUT2D eigenvalue weighted by Gasteiger charge is -2.20. The number of non-ortho nitro benzene ring substituents is 1. The first-order chi connectivity index (χ1) is 10.6. The molecule has 0 fully saturated rings.